The largest absolute Gasteiger partial charge is 0.453 e. The molecule has 9 heteroatoms. The fraction of sp³-hybridized carbons (Fsp3) is 0.542. The summed E-state index contributed by atoms with van der Waals surface area (Å²) < 4.78 is 70.0. The van der Waals surface area contributed by atoms with E-state index in [-0.39, 0.29) is 31.4 Å². The Kier molecular flexibility index (Phi) is 8.02. The van der Waals surface area contributed by atoms with Gasteiger partial charge < -0.3 is 4.74 Å². The van der Waals surface area contributed by atoms with E-state index in [1.807, 2.05) is 0 Å². The number of rotatable bonds is 8. The summed E-state index contributed by atoms with van der Waals surface area (Å²) in [5, 5.41) is 0. The number of carbonyl (C=O) groups excluding carboxylic acids is 1. The van der Waals surface area contributed by atoms with Crippen LogP contribution in [-0.4, -0.2) is 28.0 Å². The number of aryl methyl sites for hydroxylation is 1. The zero-order chi connectivity index (χ0) is 24.1. The van der Waals surface area contributed by atoms with Gasteiger partial charge in [0, 0.05) is 23.9 Å². The number of nitrogens with zero attached hydrogens (tertiary/aromatic N) is 2. The number of alkyl halides is 5. The molecule has 1 heterocycles. The Morgan fingerprint density at radius 3 is 2.12 bits per heavy atom. The van der Waals surface area contributed by atoms with Crippen LogP contribution >= 0.6 is 0 Å². The van der Waals surface area contributed by atoms with E-state index in [1.165, 1.54) is 0 Å². The van der Waals surface area contributed by atoms with Crippen molar-refractivity contribution in [2.75, 3.05) is 0 Å². The molecule has 0 spiro atoms. The Balaban J connectivity index is 1.52. The lowest BCUT2D eigenvalue weighted by Crippen LogP contribution is -2.45. The SMILES string of the molecule is CCCCCc1cnc(-c2ccc(OC(=O)C3CCC(C(F)(F)C(F)(F)F)CC3)cc2)nc1. The number of unbranched alkanes of at least 4 members (excludes halogenated alkanes) is 2. The number of esters is 1. The van der Waals surface area contributed by atoms with Gasteiger partial charge in [-0.3, -0.25) is 4.79 Å². The number of hydrogen-bond donors (Lipinski definition) is 0. The van der Waals surface area contributed by atoms with Gasteiger partial charge in [-0.15, -0.1) is 0 Å². The molecule has 1 saturated carbocycles. The molecule has 1 aromatic carbocycles. The highest BCUT2D eigenvalue weighted by Crippen LogP contribution is 2.47. The van der Waals surface area contributed by atoms with Crippen LogP contribution < -0.4 is 4.74 Å². The first-order chi connectivity index (χ1) is 15.6. The summed E-state index contributed by atoms with van der Waals surface area (Å²) >= 11 is 0. The van der Waals surface area contributed by atoms with Gasteiger partial charge in [0.25, 0.3) is 0 Å². The standard InChI is InChI=1S/C24H27F5N2O2/c1-2-3-4-5-16-14-30-21(31-15-16)17-8-12-20(13-9-17)33-22(32)18-6-10-19(11-7-18)23(25,26)24(27,28)29/h8-9,12-15,18-19H,2-7,10-11H2,1H3. The molecular weight excluding hydrogens is 443 g/mol. The molecule has 1 aliphatic carbocycles. The van der Waals surface area contributed by atoms with E-state index in [9.17, 15) is 26.7 Å². The van der Waals surface area contributed by atoms with Gasteiger partial charge in [-0.05, 0) is 68.4 Å². The Bertz CT molecular complexity index is 906. The monoisotopic (exact) mass is 470 g/mol. The highest BCUT2D eigenvalue weighted by atomic mass is 19.4. The van der Waals surface area contributed by atoms with Crippen LogP contribution in [0.2, 0.25) is 0 Å². The first-order valence-electron chi connectivity index (χ1n) is 11.2. The maximum absolute atomic E-state index is 13.5. The molecular formula is C24H27F5N2O2. The maximum atomic E-state index is 13.5. The second kappa shape index (κ2) is 10.6. The first-order valence-corrected chi connectivity index (χ1v) is 11.2. The summed E-state index contributed by atoms with van der Waals surface area (Å²) in [6.45, 7) is 2.14. The van der Waals surface area contributed by atoms with Crippen LogP contribution in [0.15, 0.2) is 36.7 Å². The van der Waals surface area contributed by atoms with Gasteiger partial charge in [-0.25, -0.2) is 9.97 Å². The first kappa shape index (κ1) is 25.1. The average Bonchev–Trinajstić information content (AvgIpc) is 2.79. The van der Waals surface area contributed by atoms with Gasteiger partial charge in [-0.2, -0.15) is 22.0 Å². The summed E-state index contributed by atoms with van der Waals surface area (Å²) in [5.74, 6) is -7.07. The maximum Gasteiger partial charge on any atom is 0.453 e. The van der Waals surface area contributed by atoms with Crippen molar-refractivity contribution in [1.82, 2.24) is 9.97 Å². The van der Waals surface area contributed by atoms with Crippen LogP contribution in [0.3, 0.4) is 0 Å². The summed E-state index contributed by atoms with van der Waals surface area (Å²) in [7, 11) is 0. The summed E-state index contributed by atoms with van der Waals surface area (Å²) in [6, 6.07) is 6.56. The highest BCUT2D eigenvalue weighted by Gasteiger charge is 2.62. The van der Waals surface area contributed by atoms with E-state index >= 15 is 0 Å². The van der Waals surface area contributed by atoms with Crippen molar-refractivity contribution in [3.8, 4) is 17.1 Å². The van der Waals surface area contributed by atoms with Crippen molar-refractivity contribution in [2.45, 2.75) is 70.4 Å². The number of aromatic nitrogens is 2. The number of hydrogen-bond acceptors (Lipinski definition) is 4. The van der Waals surface area contributed by atoms with Crippen molar-refractivity contribution in [2.24, 2.45) is 11.8 Å². The van der Waals surface area contributed by atoms with Crippen molar-refractivity contribution >= 4 is 5.97 Å². The molecule has 0 bridgehead atoms. The van der Waals surface area contributed by atoms with E-state index in [2.05, 4.69) is 16.9 Å². The van der Waals surface area contributed by atoms with Crippen LogP contribution in [0.5, 0.6) is 5.75 Å². The van der Waals surface area contributed by atoms with E-state index in [0.717, 1.165) is 36.8 Å². The molecule has 1 fully saturated rings. The van der Waals surface area contributed by atoms with Gasteiger partial charge >= 0.3 is 18.1 Å². The van der Waals surface area contributed by atoms with E-state index in [1.54, 1.807) is 36.7 Å². The molecule has 1 aromatic heterocycles. The Labute approximate surface area is 189 Å². The van der Waals surface area contributed by atoms with Crippen molar-refractivity contribution < 1.29 is 31.5 Å². The number of benzene rings is 1. The van der Waals surface area contributed by atoms with Crippen molar-refractivity contribution in [1.29, 1.82) is 0 Å². The molecule has 1 aliphatic rings. The molecule has 0 atom stereocenters. The lowest BCUT2D eigenvalue weighted by molar-refractivity contribution is -0.306. The smallest absolute Gasteiger partial charge is 0.426 e. The van der Waals surface area contributed by atoms with Crippen molar-refractivity contribution in [3.05, 3.63) is 42.2 Å². The minimum atomic E-state index is -5.58. The number of ether oxygens (including phenoxy) is 1. The van der Waals surface area contributed by atoms with Gasteiger partial charge in [0.15, 0.2) is 5.82 Å². The molecule has 4 nitrogen and oxygen atoms in total. The molecule has 2 aromatic rings. The second-order valence-electron chi connectivity index (χ2n) is 8.49. The molecule has 33 heavy (non-hydrogen) atoms. The lowest BCUT2D eigenvalue weighted by Gasteiger charge is -2.33. The number of carbonyl (C=O) groups is 1. The normalized spacial score (nSPS) is 19.3. The Hall–Kier alpha value is -2.58. The summed E-state index contributed by atoms with van der Waals surface area (Å²) in [5.41, 5.74) is 1.81. The second-order valence-corrected chi connectivity index (χ2v) is 8.49. The van der Waals surface area contributed by atoms with Crippen LogP contribution in [0, 0.1) is 11.8 Å². The molecule has 180 valence electrons. The molecule has 0 unspecified atom stereocenters. The molecule has 0 radical (unpaired) electrons. The minimum Gasteiger partial charge on any atom is -0.426 e. The highest BCUT2D eigenvalue weighted by molar-refractivity contribution is 5.75. The van der Waals surface area contributed by atoms with E-state index in [0.29, 0.717) is 5.82 Å². The fourth-order valence-corrected chi connectivity index (χ4v) is 4.01. The van der Waals surface area contributed by atoms with Gasteiger partial charge in [0.1, 0.15) is 5.75 Å². The third-order valence-corrected chi connectivity index (χ3v) is 6.06. The molecule has 0 aliphatic heterocycles. The number of halogens is 5. The third-order valence-electron chi connectivity index (χ3n) is 6.06. The van der Waals surface area contributed by atoms with Crippen molar-refractivity contribution in [3.63, 3.8) is 0 Å². The summed E-state index contributed by atoms with van der Waals surface area (Å²) in [4.78, 5) is 21.1. The van der Waals surface area contributed by atoms with Gasteiger partial charge in [0.2, 0.25) is 0 Å². The molecule has 0 N–H and O–H groups in total. The van der Waals surface area contributed by atoms with E-state index < -0.39 is 29.9 Å². The zero-order valence-corrected chi connectivity index (χ0v) is 18.4. The lowest BCUT2D eigenvalue weighted by atomic mass is 9.78. The predicted octanol–water partition coefficient (Wildman–Crippen LogP) is 6.79. The fourth-order valence-electron chi connectivity index (χ4n) is 4.01. The van der Waals surface area contributed by atoms with Crippen LogP contribution in [0.4, 0.5) is 22.0 Å². The third kappa shape index (κ3) is 6.26. The summed E-state index contributed by atoms with van der Waals surface area (Å²) in [6.07, 6.45) is 1.45. The van der Waals surface area contributed by atoms with Gasteiger partial charge in [-0.1, -0.05) is 19.8 Å². The molecule has 3 rings (SSSR count). The zero-order valence-electron chi connectivity index (χ0n) is 18.4. The van der Waals surface area contributed by atoms with Gasteiger partial charge in [0.05, 0.1) is 5.92 Å². The molecule has 0 saturated heterocycles. The predicted molar refractivity (Wildman–Crippen MR) is 113 cm³/mol. The topological polar surface area (TPSA) is 52.1 Å². The van der Waals surface area contributed by atoms with Crippen LogP contribution in [0.25, 0.3) is 11.4 Å². The Morgan fingerprint density at radius 2 is 1.58 bits per heavy atom. The quantitative estimate of drug-likeness (QED) is 0.185. The minimum absolute atomic E-state index is 0.0638. The average molecular weight is 470 g/mol. The van der Waals surface area contributed by atoms with Crippen LogP contribution in [-0.2, 0) is 11.2 Å². The van der Waals surface area contributed by atoms with E-state index in [4.69, 9.17) is 4.74 Å². The Morgan fingerprint density at radius 1 is 0.970 bits per heavy atom. The molecule has 0 amide bonds. The van der Waals surface area contributed by atoms with Crippen LogP contribution in [0.1, 0.15) is 57.4 Å².